The summed E-state index contributed by atoms with van der Waals surface area (Å²) in [5.41, 5.74) is 1.21. The SMILES string of the molecule is CC(=O)Nc1ccc(NC(=O)[C@H](C)OC(=O)c2ccc(S(=O)(=O)N3CCCCC3)cc2)cc1. The molecule has 3 rings (SSSR count). The van der Waals surface area contributed by atoms with Crippen LogP contribution in [0.1, 0.15) is 43.5 Å². The second-order valence-electron chi connectivity index (χ2n) is 7.78. The van der Waals surface area contributed by atoms with E-state index in [1.807, 2.05) is 0 Å². The molecule has 33 heavy (non-hydrogen) atoms. The molecule has 1 aliphatic heterocycles. The van der Waals surface area contributed by atoms with Gasteiger partial charge in [-0.3, -0.25) is 9.59 Å². The minimum Gasteiger partial charge on any atom is -0.449 e. The van der Waals surface area contributed by atoms with Crippen LogP contribution in [0.4, 0.5) is 11.4 Å². The first-order chi connectivity index (χ1) is 15.7. The van der Waals surface area contributed by atoms with E-state index in [0.717, 1.165) is 19.3 Å². The lowest BCUT2D eigenvalue weighted by Crippen LogP contribution is -2.35. The van der Waals surface area contributed by atoms with Crippen LogP contribution in [0.3, 0.4) is 0 Å². The average Bonchev–Trinajstić information content (AvgIpc) is 2.80. The fourth-order valence-corrected chi connectivity index (χ4v) is 4.90. The van der Waals surface area contributed by atoms with Gasteiger partial charge in [0, 0.05) is 31.4 Å². The standard InChI is InChI=1S/C23H27N3O6S/c1-16(22(28)25-20-10-8-19(9-11-20)24-17(2)27)32-23(29)18-6-12-21(13-7-18)33(30,31)26-14-4-3-5-15-26/h6-13,16H,3-5,14-15H2,1-2H3,(H,24,27)(H,25,28)/t16-/m0/s1. The maximum atomic E-state index is 12.7. The van der Waals surface area contributed by atoms with Gasteiger partial charge >= 0.3 is 5.97 Å². The van der Waals surface area contributed by atoms with Gasteiger partial charge in [-0.15, -0.1) is 0 Å². The van der Waals surface area contributed by atoms with Crippen molar-refractivity contribution in [1.29, 1.82) is 0 Å². The molecular formula is C23H27N3O6S. The molecular weight excluding hydrogens is 446 g/mol. The van der Waals surface area contributed by atoms with E-state index in [9.17, 15) is 22.8 Å². The number of anilines is 2. The zero-order valence-electron chi connectivity index (χ0n) is 18.5. The number of rotatable bonds is 7. The van der Waals surface area contributed by atoms with Gasteiger partial charge < -0.3 is 15.4 Å². The van der Waals surface area contributed by atoms with Crippen LogP contribution in [0.2, 0.25) is 0 Å². The number of sulfonamides is 1. The predicted molar refractivity (Wildman–Crippen MR) is 123 cm³/mol. The number of carbonyl (C=O) groups is 3. The molecule has 0 radical (unpaired) electrons. The van der Waals surface area contributed by atoms with Crippen LogP contribution in [0.15, 0.2) is 53.4 Å². The molecule has 2 aromatic rings. The first-order valence-electron chi connectivity index (χ1n) is 10.7. The number of nitrogens with one attached hydrogen (secondary N) is 2. The third kappa shape index (κ3) is 6.39. The minimum atomic E-state index is -3.59. The molecule has 0 aromatic heterocycles. The van der Waals surface area contributed by atoms with E-state index in [2.05, 4.69) is 10.6 Å². The summed E-state index contributed by atoms with van der Waals surface area (Å²) >= 11 is 0. The summed E-state index contributed by atoms with van der Waals surface area (Å²) in [6, 6.07) is 12.0. The Balaban J connectivity index is 1.57. The highest BCUT2D eigenvalue weighted by Gasteiger charge is 2.26. The summed E-state index contributed by atoms with van der Waals surface area (Å²) in [6.45, 7) is 3.82. The Hall–Kier alpha value is -3.24. The molecule has 0 spiro atoms. The van der Waals surface area contributed by atoms with E-state index in [1.54, 1.807) is 24.3 Å². The quantitative estimate of drug-likeness (QED) is 0.596. The molecule has 0 bridgehead atoms. The highest BCUT2D eigenvalue weighted by molar-refractivity contribution is 7.89. The van der Waals surface area contributed by atoms with Crippen LogP contribution >= 0.6 is 0 Å². The van der Waals surface area contributed by atoms with Crippen molar-refractivity contribution in [2.24, 2.45) is 0 Å². The third-order valence-corrected chi connectivity index (χ3v) is 7.08. The Bertz CT molecular complexity index is 1110. The van der Waals surface area contributed by atoms with Crippen molar-refractivity contribution in [2.75, 3.05) is 23.7 Å². The zero-order chi connectivity index (χ0) is 24.0. The van der Waals surface area contributed by atoms with E-state index in [0.29, 0.717) is 24.5 Å². The van der Waals surface area contributed by atoms with Crippen LogP contribution in [-0.4, -0.2) is 49.7 Å². The van der Waals surface area contributed by atoms with Crippen molar-refractivity contribution in [3.05, 3.63) is 54.1 Å². The van der Waals surface area contributed by atoms with Crippen molar-refractivity contribution in [1.82, 2.24) is 4.31 Å². The Kier molecular flexibility index (Phi) is 7.83. The number of carbonyl (C=O) groups excluding carboxylic acids is 3. The maximum Gasteiger partial charge on any atom is 0.338 e. The molecule has 0 unspecified atom stereocenters. The summed E-state index contributed by atoms with van der Waals surface area (Å²) < 4.78 is 32.1. The van der Waals surface area contributed by atoms with Crippen molar-refractivity contribution in [3.63, 3.8) is 0 Å². The molecule has 0 aliphatic carbocycles. The molecule has 1 fully saturated rings. The van der Waals surface area contributed by atoms with Gasteiger partial charge in [0.05, 0.1) is 10.5 Å². The highest BCUT2D eigenvalue weighted by atomic mass is 32.2. The maximum absolute atomic E-state index is 12.7. The second-order valence-corrected chi connectivity index (χ2v) is 9.72. The summed E-state index contributed by atoms with van der Waals surface area (Å²) in [7, 11) is -3.59. The van der Waals surface area contributed by atoms with Gasteiger partial charge in [-0.25, -0.2) is 13.2 Å². The van der Waals surface area contributed by atoms with Crippen LogP contribution in [-0.2, 0) is 24.3 Å². The van der Waals surface area contributed by atoms with Gasteiger partial charge in [-0.1, -0.05) is 6.42 Å². The average molecular weight is 474 g/mol. The molecule has 9 nitrogen and oxygen atoms in total. The largest absolute Gasteiger partial charge is 0.449 e. The van der Waals surface area contributed by atoms with Crippen LogP contribution in [0.25, 0.3) is 0 Å². The summed E-state index contributed by atoms with van der Waals surface area (Å²) in [6.07, 6.45) is 1.61. The lowest BCUT2D eigenvalue weighted by atomic mass is 10.2. The topological polar surface area (TPSA) is 122 Å². The Morgan fingerprint density at radius 1 is 0.879 bits per heavy atom. The number of hydrogen-bond acceptors (Lipinski definition) is 6. The Morgan fingerprint density at radius 2 is 1.42 bits per heavy atom. The fraction of sp³-hybridized carbons (Fsp3) is 0.348. The highest BCUT2D eigenvalue weighted by Crippen LogP contribution is 2.21. The molecule has 176 valence electrons. The van der Waals surface area contributed by atoms with E-state index in [1.165, 1.54) is 42.4 Å². The van der Waals surface area contributed by atoms with Crippen molar-refractivity contribution in [2.45, 2.75) is 44.1 Å². The molecule has 1 atom stereocenters. The zero-order valence-corrected chi connectivity index (χ0v) is 19.4. The van der Waals surface area contributed by atoms with Crippen molar-refractivity contribution < 1.29 is 27.5 Å². The number of esters is 1. The van der Waals surface area contributed by atoms with Crippen molar-refractivity contribution >= 4 is 39.2 Å². The first-order valence-corrected chi connectivity index (χ1v) is 12.1. The molecule has 2 amide bonds. The number of nitrogens with zero attached hydrogens (tertiary/aromatic N) is 1. The van der Waals surface area contributed by atoms with E-state index in [4.69, 9.17) is 4.74 Å². The van der Waals surface area contributed by atoms with Crippen molar-refractivity contribution in [3.8, 4) is 0 Å². The lowest BCUT2D eigenvalue weighted by molar-refractivity contribution is -0.123. The van der Waals surface area contributed by atoms with Gasteiger partial charge in [0.2, 0.25) is 15.9 Å². The molecule has 0 saturated carbocycles. The smallest absolute Gasteiger partial charge is 0.338 e. The Morgan fingerprint density at radius 3 is 1.97 bits per heavy atom. The first kappa shape index (κ1) is 24.4. The van der Waals surface area contributed by atoms with Gasteiger partial charge in [0.1, 0.15) is 0 Å². The molecule has 1 heterocycles. The monoisotopic (exact) mass is 473 g/mol. The van der Waals surface area contributed by atoms with Gasteiger partial charge in [0.15, 0.2) is 6.10 Å². The summed E-state index contributed by atoms with van der Waals surface area (Å²) in [4.78, 5) is 36.0. The molecule has 2 aromatic carbocycles. The second kappa shape index (κ2) is 10.6. The van der Waals surface area contributed by atoms with E-state index < -0.39 is 28.0 Å². The van der Waals surface area contributed by atoms with Crippen LogP contribution < -0.4 is 10.6 Å². The summed E-state index contributed by atoms with van der Waals surface area (Å²) in [5.74, 6) is -1.47. The van der Waals surface area contributed by atoms with E-state index in [-0.39, 0.29) is 16.4 Å². The summed E-state index contributed by atoms with van der Waals surface area (Å²) in [5, 5.41) is 5.25. The minimum absolute atomic E-state index is 0.120. The van der Waals surface area contributed by atoms with Crippen LogP contribution in [0, 0.1) is 0 Å². The molecule has 10 heteroatoms. The number of ether oxygens (including phenoxy) is 1. The molecule has 1 saturated heterocycles. The Labute approximate surface area is 193 Å². The normalized spacial score (nSPS) is 15.3. The number of benzene rings is 2. The number of piperidine rings is 1. The number of amides is 2. The lowest BCUT2D eigenvalue weighted by Gasteiger charge is -2.25. The molecule has 1 aliphatic rings. The third-order valence-electron chi connectivity index (χ3n) is 5.17. The van der Waals surface area contributed by atoms with Gasteiger partial charge in [-0.2, -0.15) is 4.31 Å². The van der Waals surface area contributed by atoms with E-state index >= 15 is 0 Å². The van der Waals surface area contributed by atoms with Crippen LogP contribution in [0.5, 0.6) is 0 Å². The fourth-order valence-electron chi connectivity index (χ4n) is 3.38. The number of hydrogen-bond donors (Lipinski definition) is 2. The van der Waals surface area contributed by atoms with Gasteiger partial charge in [-0.05, 0) is 68.3 Å². The van der Waals surface area contributed by atoms with Gasteiger partial charge in [0.25, 0.3) is 5.91 Å². The molecule has 2 N–H and O–H groups in total. The predicted octanol–water partition coefficient (Wildman–Crippen LogP) is 3.00.